The first kappa shape index (κ1) is 16.3. The van der Waals surface area contributed by atoms with Crippen molar-refractivity contribution in [1.82, 2.24) is 5.32 Å². The van der Waals surface area contributed by atoms with E-state index < -0.39 is 0 Å². The van der Waals surface area contributed by atoms with Crippen molar-refractivity contribution in [2.45, 2.75) is 39.8 Å². The molecule has 20 heavy (non-hydrogen) atoms. The SMILES string of the molecule is CCOCC#CC#Cc1ccc(C(C)NC(C)C)cc1. The maximum absolute atomic E-state index is 5.11. The summed E-state index contributed by atoms with van der Waals surface area (Å²) in [5.74, 6) is 11.5. The summed E-state index contributed by atoms with van der Waals surface area (Å²) in [5, 5.41) is 3.48. The molecule has 0 bridgehead atoms. The van der Waals surface area contributed by atoms with Gasteiger partial charge < -0.3 is 10.1 Å². The fraction of sp³-hybridized carbons (Fsp3) is 0.444. The van der Waals surface area contributed by atoms with Gasteiger partial charge in [-0.1, -0.05) is 37.8 Å². The topological polar surface area (TPSA) is 21.3 Å². The molecule has 0 fully saturated rings. The molecular weight excluding hydrogens is 246 g/mol. The highest BCUT2D eigenvalue weighted by Gasteiger charge is 2.05. The van der Waals surface area contributed by atoms with E-state index in [0.29, 0.717) is 25.3 Å². The van der Waals surface area contributed by atoms with Crippen LogP contribution in [0.5, 0.6) is 0 Å². The first-order chi connectivity index (χ1) is 9.63. The van der Waals surface area contributed by atoms with Crippen molar-refractivity contribution in [2.75, 3.05) is 13.2 Å². The molecule has 1 atom stereocenters. The smallest absolute Gasteiger partial charge is 0.108 e. The number of hydrogen-bond acceptors (Lipinski definition) is 2. The van der Waals surface area contributed by atoms with Crippen LogP contribution >= 0.6 is 0 Å². The third-order valence-electron chi connectivity index (χ3n) is 2.73. The van der Waals surface area contributed by atoms with Crippen molar-refractivity contribution >= 4 is 0 Å². The lowest BCUT2D eigenvalue weighted by molar-refractivity contribution is 0.182. The molecule has 0 radical (unpaired) electrons. The number of benzene rings is 1. The van der Waals surface area contributed by atoms with Gasteiger partial charge in [0.15, 0.2) is 0 Å². The molecule has 1 aromatic carbocycles. The van der Waals surface area contributed by atoms with Gasteiger partial charge in [0.25, 0.3) is 0 Å². The molecule has 0 saturated carbocycles. The fourth-order valence-electron chi connectivity index (χ4n) is 1.79. The van der Waals surface area contributed by atoms with Crippen LogP contribution in [0.3, 0.4) is 0 Å². The molecular formula is C18H23NO. The summed E-state index contributed by atoms with van der Waals surface area (Å²) in [6.07, 6.45) is 0. The van der Waals surface area contributed by atoms with Crippen LogP contribution in [0.15, 0.2) is 24.3 Å². The predicted molar refractivity (Wildman–Crippen MR) is 84.3 cm³/mol. The minimum atomic E-state index is 0.350. The quantitative estimate of drug-likeness (QED) is 0.655. The molecule has 0 aliphatic heterocycles. The van der Waals surface area contributed by atoms with Crippen molar-refractivity contribution in [3.8, 4) is 23.7 Å². The van der Waals surface area contributed by atoms with Crippen molar-refractivity contribution < 1.29 is 4.74 Å². The Labute approximate surface area is 122 Å². The second-order valence-corrected chi connectivity index (χ2v) is 4.85. The highest BCUT2D eigenvalue weighted by atomic mass is 16.5. The molecule has 0 aromatic heterocycles. The van der Waals surface area contributed by atoms with Crippen molar-refractivity contribution in [1.29, 1.82) is 0 Å². The lowest BCUT2D eigenvalue weighted by atomic mass is 10.1. The summed E-state index contributed by atoms with van der Waals surface area (Å²) in [4.78, 5) is 0. The van der Waals surface area contributed by atoms with Gasteiger partial charge in [0, 0.05) is 24.3 Å². The van der Waals surface area contributed by atoms with E-state index in [1.165, 1.54) is 5.56 Å². The Morgan fingerprint density at radius 1 is 1.10 bits per heavy atom. The van der Waals surface area contributed by atoms with E-state index in [9.17, 15) is 0 Å². The summed E-state index contributed by atoms with van der Waals surface area (Å²) >= 11 is 0. The Bertz CT molecular complexity index is 508. The van der Waals surface area contributed by atoms with E-state index in [1.54, 1.807) is 0 Å². The zero-order valence-corrected chi connectivity index (χ0v) is 12.8. The van der Waals surface area contributed by atoms with Gasteiger partial charge in [0.2, 0.25) is 0 Å². The number of ether oxygens (including phenoxy) is 1. The first-order valence-corrected chi connectivity index (χ1v) is 7.06. The van der Waals surface area contributed by atoms with Gasteiger partial charge in [-0.15, -0.1) is 0 Å². The van der Waals surface area contributed by atoms with E-state index in [-0.39, 0.29) is 0 Å². The molecule has 2 heteroatoms. The molecule has 1 rings (SSSR count). The van der Waals surface area contributed by atoms with E-state index in [1.807, 2.05) is 19.1 Å². The minimum Gasteiger partial charge on any atom is -0.369 e. The van der Waals surface area contributed by atoms with Gasteiger partial charge in [0.05, 0.1) is 0 Å². The largest absolute Gasteiger partial charge is 0.369 e. The summed E-state index contributed by atoms with van der Waals surface area (Å²) in [6.45, 7) is 9.55. The lowest BCUT2D eigenvalue weighted by Gasteiger charge is -2.17. The Kier molecular flexibility index (Phi) is 7.51. The van der Waals surface area contributed by atoms with E-state index in [4.69, 9.17) is 4.74 Å². The van der Waals surface area contributed by atoms with Crippen molar-refractivity contribution in [3.05, 3.63) is 35.4 Å². The second kappa shape index (κ2) is 9.21. The third kappa shape index (κ3) is 6.43. The maximum atomic E-state index is 5.11. The van der Waals surface area contributed by atoms with Crippen LogP contribution in [0.2, 0.25) is 0 Å². The minimum absolute atomic E-state index is 0.350. The fourth-order valence-corrected chi connectivity index (χ4v) is 1.79. The highest BCUT2D eigenvalue weighted by molar-refractivity contribution is 5.41. The molecule has 0 spiro atoms. The second-order valence-electron chi connectivity index (χ2n) is 4.85. The lowest BCUT2D eigenvalue weighted by Crippen LogP contribution is -2.25. The van der Waals surface area contributed by atoms with Gasteiger partial charge in [-0.2, -0.15) is 0 Å². The van der Waals surface area contributed by atoms with Crippen LogP contribution in [0, 0.1) is 23.7 Å². The number of rotatable bonds is 5. The zero-order valence-electron chi connectivity index (χ0n) is 12.8. The van der Waals surface area contributed by atoms with Gasteiger partial charge in [-0.25, -0.2) is 0 Å². The van der Waals surface area contributed by atoms with Gasteiger partial charge in [-0.05, 0) is 43.4 Å². The summed E-state index contributed by atoms with van der Waals surface area (Å²) in [6, 6.07) is 9.11. The van der Waals surface area contributed by atoms with Crippen LogP contribution < -0.4 is 5.32 Å². The average molecular weight is 269 g/mol. The summed E-state index contributed by atoms with van der Waals surface area (Å²) in [7, 11) is 0. The van der Waals surface area contributed by atoms with E-state index in [2.05, 4.69) is 61.9 Å². The molecule has 1 aromatic rings. The Morgan fingerprint density at radius 2 is 1.80 bits per heavy atom. The molecule has 0 aliphatic carbocycles. The van der Waals surface area contributed by atoms with Gasteiger partial charge in [-0.3, -0.25) is 0 Å². The van der Waals surface area contributed by atoms with Crippen molar-refractivity contribution in [3.63, 3.8) is 0 Å². The molecule has 2 nitrogen and oxygen atoms in total. The van der Waals surface area contributed by atoms with E-state index in [0.717, 1.165) is 5.56 Å². The molecule has 0 saturated heterocycles. The maximum Gasteiger partial charge on any atom is 0.108 e. The standard InChI is InChI=1S/C18H23NO/c1-5-20-14-8-6-7-9-17-10-12-18(13-11-17)16(4)19-15(2)3/h10-13,15-16,19H,5,14H2,1-4H3. The molecule has 1 unspecified atom stereocenters. The van der Waals surface area contributed by atoms with Crippen LogP contribution in [-0.2, 0) is 4.74 Å². The van der Waals surface area contributed by atoms with Crippen LogP contribution in [0.1, 0.15) is 44.9 Å². The monoisotopic (exact) mass is 269 g/mol. The van der Waals surface area contributed by atoms with Gasteiger partial charge in [0.1, 0.15) is 6.61 Å². The van der Waals surface area contributed by atoms with Crippen molar-refractivity contribution in [2.24, 2.45) is 0 Å². The Hall–Kier alpha value is -1.74. The predicted octanol–water partition coefficient (Wildman–Crippen LogP) is 3.14. The van der Waals surface area contributed by atoms with Crippen LogP contribution in [0.25, 0.3) is 0 Å². The number of hydrogen-bond donors (Lipinski definition) is 1. The van der Waals surface area contributed by atoms with Gasteiger partial charge >= 0.3 is 0 Å². The molecule has 1 N–H and O–H groups in total. The molecule has 0 amide bonds. The number of nitrogens with one attached hydrogen (secondary N) is 1. The Morgan fingerprint density at radius 3 is 2.40 bits per heavy atom. The first-order valence-electron chi connectivity index (χ1n) is 7.06. The summed E-state index contributed by atoms with van der Waals surface area (Å²) in [5.41, 5.74) is 2.25. The summed E-state index contributed by atoms with van der Waals surface area (Å²) < 4.78 is 5.11. The zero-order chi connectivity index (χ0) is 14.8. The Balaban J connectivity index is 2.58. The molecule has 0 aliphatic rings. The van der Waals surface area contributed by atoms with E-state index >= 15 is 0 Å². The molecule has 0 heterocycles. The average Bonchev–Trinajstić information content (AvgIpc) is 2.42. The normalized spacial score (nSPS) is 11.2. The molecule has 106 valence electrons. The third-order valence-corrected chi connectivity index (χ3v) is 2.73. The van der Waals surface area contributed by atoms with Crippen LogP contribution in [0.4, 0.5) is 0 Å². The van der Waals surface area contributed by atoms with Crippen LogP contribution in [-0.4, -0.2) is 19.3 Å². The highest BCUT2D eigenvalue weighted by Crippen LogP contribution is 2.13.